The standard InChI is InChI=1S/C24H21F3N2O5/c25-24(26,27)15-6-4-7-16(12-15)28-20(30)13-34-23(33)14-5-3-8-17(11-14)29-21(31)18-9-1-2-10-19(18)22(29)32/h3-8,11-12,18-19H,1-2,9-10,13H2,(H,28,30)/t18-,19+. The molecule has 4 rings (SSSR count). The van der Waals surface area contributed by atoms with E-state index in [1.54, 1.807) is 6.07 Å². The van der Waals surface area contributed by atoms with Gasteiger partial charge in [0, 0.05) is 5.69 Å². The van der Waals surface area contributed by atoms with Crippen LogP contribution in [0.25, 0.3) is 0 Å². The third-order valence-corrected chi connectivity index (χ3v) is 5.99. The molecule has 10 heteroatoms. The molecule has 1 saturated heterocycles. The SMILES string of the molecule is O=C(COC(=O)c1cccc(N2C(=O)[C@H]3CCCC[C@H]3C2=O)c1)Nc1cccc(C(F)(F)F)c1. The fourth-order valence-corrected chi connectivity index (χ4v) is 4.37. The van der Waals surface area contributed by atoms with E-state index in [0.29, 0.717) is 12.8 Å². The van der Waals surface area contributed by atoms with Gasteiger partial charge in [0.05, 0.1) is 28.7 Å². The van der Waals surface area contributed by atoms with Crippen LogP contribution in [0.3, 0.4) is 0 Å². The smallest absolute Gasteiger partial charge is 0.416 e. The lowest BCUT2D eigenvalue weighted by molar-refractivity contribution is -0.137. The predicted octanol–water partition coefficient (Wildman–Crippen LogP) is 4.18. The quantitative estimate of drug-likeness (QED) is 0.519. The van der Waals surface area contributed by atoms with Crippen molar-refractivity contribution in [1.82, 2.24) is 0 Å². The van der Waals surface area contributed by atoms with E-state index in [1.807, 2.05) is 0 Å². The van der Waals surface area contributed by atoms with Crippen molar-refractivity contribution in [2.24, 2.45) is 11.8 Å². The Kier molecular flexibility index (Phi) is 6.41. The molecule has 1 heterocycles. The van der Waals surface area contributed by atoms with Gasteiger partial charge in [0.25, 0.3) is 5.91 Å². The topological polar surface area (TPSA) is 92.8 Å². The molecule has 2 aliphatic rings. The van der Waals surface area contributed by atoms with Crippen LogP contribution in [0, 0.1) is 11.8 Å². The number of hydrogen-bond acceptors (Lipinski definition) is 5. The van der Waals surface area contributed by atoms with E-state index >= 15 is 0 Å². The normalized spacial score (nSPS) is 20.1. The lowest BCUT2D eigenvalue weighted by Crippen LogP contribution is -2.31. The molecule has 7 nitrogen and oxygen atoms in total. The molecule has 2 aromatic rings. The van der Waals surface area contributed by atoms with Gasteiger partial charge < -0.3 is 10.1 Å². The van der Waals surface area contributed by atoms with Crippen molar-refractivity contribution in [2.75, 3.05) is 16.8 Å². The fourth-order valence-electron chi connectivity index (χ4n) is 4.37. The number of nitrogens with one attached hydrogen (secondary N) is 1. The highest BCUT2D eigenvalue weighted by molar-refractivity contribution is 6.22. The first-order valence-electron chi connectivity index (χ1n) is 10.8. The molecule has 2 fully saturated rings. The van der Waals surface area contributed by atoms with Crippen LogP contribution in [-0.4, -0.2) is 30.3 Å². The zero-order valence-electron chi connectivity index (χ0n) is 17.9. The minimum absolute atomic E-state index is 0.0276. The first-order chi connectivity index (χ1) is 16.1. The van der Waals surface area contributed by atoms with Crippen molar-refractivity contribution in [2.45, 2.75) is 31.9 Å². The monoisotopic (exact) mass is 474 g/mol. The van der Waals surface area contributed by atoms with Crippen LogP contribution in [0.2, 0.25) is 0 Å². The molecule has 0 aromatic heterocycles. The number of amides is 3. The van der Waals surface area contributed by atoms with Gasteiger partial charge in [-0.3, -0.25) is 19.3 Å². The second-order valence-corrected chi connectivity index (χ2v) is 8.26. The molecule has 0 spiro atoms. The van der Waals surface area contributed by atoms with Gasteiger partial charge in [0.15, 0.2) is 6.61 Å². The summed E-state index contributed by atoms with van der Waals surface area (Å²) in [4.78, 5) is 51.1. The summed E-state index contributed by atoms with van der Waals surface area (Å²) in [6, 6.07) is 9.86. The van der Waals surface area contributed by atoms with Crippen molar-refractivity contribution < 1.29 is 37.1 Å². The molecule has 0 bridgehead atoms. The Morgan fingerprint density at radius 1 is 0.971 bits per heavy atom. The highest BCUT2D eigenvalue weighted by Crippen LogP contribution is 2.40. The van der Waals surface area contributed by atoms with Crippen LogP contribution in [0.4, 0.5) is 24.5 Å². The Balaban J connectivity index is 1.39. The van der Waals surface area contributed by atoms with Crippen LogP contribution in [-0.2, 0) is 25.3 Å². The molecule has 1 N–H and O–H groups in total. The van der Waals surface area contributed by atoms with Crippen molar-refractivity contribution in [1.29, 1.82) is 0 Å². The Bertz CT molecular complexity index is 1120. The van der Waals surface area contributed by atoms with Crippen molar-refractivity contribution in [3.05, 3.63) is 59.7 Å². The lowest BCUT2D eigenvalue weighted by Gasteiger charge is -2.19. The maximum Gasteiger partial charge on any atom is 0.416 e. The van der Waals surface area contributed by atoms with E-state index in [-0.39, 0.29) is 40.6 Å². The molecule has 0 radical (unpaired) electrons. The number of fused-ring (bicyclic) bond motifs is 1. The summed E-state index contributed by atoms with van der Waals surface area (Å²) < 4.78 is 43.4. The van der Waals surface area contributed by atoms with E-state index in [1.165, 1.54) is 24.3 Å². The molecule has 1 aliphatic carbocycles. The highest BCUT2D eigenvalue weighted by Gasteiger charge is 2.48. The minimum Gasteiger partial charge on any atom is -0.452 e. The van der Waals surface area contributed by atoms with E-state index < -0.39 is 30.2 Å². The number of esters is 1. The number of hydrogen-bond donors (Lipinski definition) is 1. The van der Waals surface area contributed by atoms with E-state index in [2.05, 4.69) is 5.32 Å². The maximum absolute atomic E-state index is 12.8. The number of nitrogens with zero attached hydrogens (tertiary/aromatic N) is 1. The fraction of sp³-hybridized carbons (Fsp3) is 0.333. The van der Waals surface area contributed by atoms with Crippen LogP contribution < -0.4 is 10.2 Å². The highest BCUT2D eigenvalue weighted by atomic mass is 19.4. The first kappa shape index (κ1) is 23.5. The molecular weight excluding hydrogens is 453 g/mol. The van der Waals surface area contributed by atoms with Crippen LogP contribution >= 0.6 is 0 Å². The van der Waals surface area contributed by atoms with Crippen molar-refractivity contribution >= 4 is 35.1 Å². The first-order valence-corrected chi connectivity index (χ1v) is 10.8. The van der Waals surface area contributed by atoms with Gasteiger partial charge in [0.2, 0.25) is 11.8 Å². The van der Waals surface area contributed by atoms with Gasteiger partial charge in [-0.1, -0.05) is 25.0 Å². The second kappa shape index (κ2) is 9.28. The number of anilines is 2. The largest absolute Gasteiger partial charge is 0.452 e. The Hall–Kier alpha value is -3.69. The van der Waals surface area contributed by atoms with Gasteiger partial charge >= 0.3 is 12.1 Å². The summed E-state index contributed by atoms with van der Waals surface area (Å²) in [7, 11) is 0. The lowest BCUT2D eigenvalue weighted by atomic mass is 9.81. The van der Waals surface area contributed by atoms with Gasteiger partial charge in [0.1, 0.15) is 0 Å². The Morgan fingerprint density at radius 3 is 2.26 bits per heavy atom. The summed E-state index contributed by atoms with van der Waals surface area (Å²) in [5, 5.41) is 2.24. The molecule has 1 aliphatic heterocycles. The maximum atomic E-state index is 12.8. The number of benzene rings is 2. The second-order valence-electron chi connectivity index (χ2n) is 8.26. The molecule has 34 heavy (non-hydrogen) atoms. The summed E-state index contributed by atoms with van der Waals surface area (Å²) in [6.45, 7) is -0.731. The zero-order chi connectivity index (χ0) is 24.5. The molecule has 178 valence electrons. The number of carbonyl (C=O) groups is 4. The zero-order valence-corrected chi connectivity index (χ0v) is 17.9. The molecule has 2 atom stereocenters. The Labute approximate surface area is 192 Å². The molecule has 0 unspecified atom stereocenters. The van der Waals surface area contributed by atoms with Crippen LogP contribution in [0.15, 0.2) is 48.5 Å². The van der Waals surface area contributed by atoms with Crippen LogP contribution in [0.5, 0.6) is 0 Å². The summed E-state index contributed by atoms with van der Waals surface area (Å²) in [5.41, 5.74) is -0.734. The number of carbonyl (C=O) groups excluding carboxylic acids is 4. The molecule has 1 saturated carbocycles. The number of rotatable bonds is 5. The average molecular weight is 474 g/mol. The van der Waals surface area contributed by atoms with Gasteiger partial charge in [-0.05, 0) is 49.2 Å². The predicted molar refractivity (Wildman–Crippen MR) is 115 cm³/mol. The van der Waals surface area contributed by atoms with Gasteiger partial charge in [-0.25, -0.2) is 4.79 Å². The molecule has 2 aromatic carbocycles. The van der Waals surface area contributed by atoms with Gasteiger partial charge in [-0.2, -0.15) is 13.2 Å². The van der Waals surface area contributed by atoms with E-state index in [4.69, 9.17) is 4.74 Å². The van der Waals surface area contributed by atoms with Gasteiger partial charge in [-0.15, -0.1) is 0 Å². The van der Waals surface area contributed by atoms with Crippen LogP contribution in [0.1, 0.15) is 41.6 Å². The van der Waals surface area contributed by atoms with E-state index in [0.717, 1.165) is 35.9 Å². The number of ether oxygens (including phenoxy) is 1. The summed E-state index contributed by atoms with van der Waals surface area (Å²) >= 11 is 0. The minimum atomic E-state index is -4.56. The van der Waals surface area contributed by atoms with E-state index in [9.17, 15) is 32.3 Å². The molecular formula is C24H21F3N2O5. The van der Waals surface area contributed by atoms with Crippen molar-refractivity contribution in [3.63, 3.8) is 0 Å². The number of alkyl halides is 3. The third kappa shape index (κ3) is 4.80. The average Bonchev–Trinajstić information content (AvgIpc) is 3.07. The summed E-state index contributed by atoms with van der Waals surface area (Å²) in [6.07, 6.45) is -1.46. The Morgan fingerprint density at radius 2 is 1.62 bits per heavy atom. The number of imide groups is 1. The number of halogens is 3. The molecule has 3 amide bonds. The third-order valence-electron chi connectivity index (χ3n) is 5.99. The summed E-state index contributed by atoms with van der Waals surface area (Å²) in [5.74, 6) is -2.93. The van der Waals surface area contributed by atoms with Crippen molar-refractivity contribution in [3.8, 4) is 0 Å².